The highest BCUT2D eigenvalue weighted by molar-refractivity contribution is 5.29. The molecule has 0 bridgehead atoms. The van der Waals surface area contributed by atoms with E-state index in [1.54, 1.807) is 12.1 Å². The SMILES string of the molecule is CCCCCCNCc1cccc(OCc2ccccc2F)c1. The number of hydrogen-bond acceptors (Lipinski definition) is 2. The lowest BCUT2D eigenvalue weighted by Crippen LogP contribution is -2.14. The van der Waals surface area contributed by atoms with Crippen LogP contribution in [0.25, 0.3) is 0 Å². The predicted octanol–water partition coefficient (Wildman–Crippen LogP) is 5.07. The molecule has 2 aromatic carbocycles. The van der Waals surface area contributed by atoms with Crippen molar-refractivity contribution < 1.29 is 9.13 Å². The second-order valence-corrected chi connectivity index (χ2v) is 5.76. The molecule has 0 radical (unpaired) electrons. The Bertz CT molecular complexity index is 585. The summed E-state index contributed by atoms with van der Waals surface area (Å²) in [5.74, 6) is 0.552. The van der Waals surface area contributed by atoms with Crippen LogP contribution < -0.4 is 10.1 Å². The van der Waals surface area contributed by atoms with Crippen molar-refractivity contribution in [1.82, 2.24) is 5.32 Å². The number of unbranched alkanes of at least 4 members (excludes halogenated alkanes) is 3. The van der Waals surface area contributed by atoms with Crippen molar-refractivity contribution >= 4 is 0 Å². The van der Waals surface area contributed by atoms with Gasteiger partial charge in [-0.05, 0) is 36.7 Å². The van der Waals surface area contributed by atoms with Gasteiger partial charge >= 0.3 is 0 Å². The number of rotatable bonds is 10. The summed E-state index contributed by atoms with van der Waals surface area (Å²) in [6.07, 6.45) is 5.08. The maximum atomic E-state index is 13.6. The van der Waals surface area contributed by atoms with Crippen molar-refractivity contribution in [2.75, 3.05) is 6.54 Å². The molecule has 124 valence electrons. The molecule has 0 aliphatic rings. The summed E-state index contributed by atoms with van der Waals surface area (Å²) < 4.78 is 19.3. The van der Waals surface area contributed by atoms with Gasteiger partial charge in [-0.15, -0.1) is 0 Å². The first-order chi connectivity index (χ1) is 11.3. The van der Waals surface area contributed by atoms with Gasteiger partial charge in [-0.1, -0.05) is 56.5 Å². The van der Waals surface area contributed by atoms with Crippen LogP contribution in [0.2, 0.25) is 0 Å². The predicted molar refractivity (Wildman–Crippen MR) is 93.0 cm³/mol. The van der Waals surface area contributed by atoms with E-state index in [0.29, 0.717) is 5.56 Å². The molecular formula is C20H26FNO. The molecule has 0 saturated heterocycles. The van der Waals surface area contributed by atoms with Crippen LogP contribution in [0.15, 0.2) is 48.5 Å². The number of halogens is 1. The number of ether oxygens (including phenoxy) is 1. The molecule has 2 rings (SSSR count). The van der Waals surface area contributed by atoms with E-state index in [1.165, 1.54) is 37.3 Å². The van der Waals surface area contributed by atoms with Crippen molar-refractivity contribution in [2.45, 2.75) is 45.8 Å². The highest BCUT2D eigenvalue weighted by Gasteiger charge is 2.02. The lowest BCUT2D eigenvalue weighted by molar-refractivity contribution is 0.299. The Morgan fingerprint density at radius 3 is 2.70 bits per heavy atom. The number of benzene rings is 2. The van der Waals surface area contributed by atoms with Gasteiger partial charge in [0.05, 0.1) is 0 Å². The van der Waals surface area contributed by atoms with Crippen LogP contribution in [0.5, 0.6) is 5.75 Å². The van der Waals surface area contributed by atoms with Gasteiger partial charge in [-0.2, -0.15) is 0 Å². The van der Waals surface area contributed by atoms with Crippen LogP contribution in [0.1, 0.15) is 43.7 Å². The van der Waals surface area contributed by atoms with E-state index in [9.17, 15) is 4.39 Å². The minimum absolute atomic E-state index is 0.225. The Morgan fingerprint density at radius 2 is 1.87 bits per heavy atom. The van der Waals surface area contributed by atoms with Crippen LogP contribution >= 0.6 is 0 Å². The minimum Gasteiger partial charge on any atom is -0.489 e. The van der Waals surface area contributed by atoms with E-state index in [1.807, 2.05) is 24.3 Å². The van der Waals surface area contributed by atoms with Crippen molar-refractivity contribution in [1.29, 1.82) is 0 Å². The Morgan fingerprint density at radius 1 is 1.00 bits per heavy atom. The molecule has 0 aliphatic carbocycles. The molecule has 23 heavy (non-hydrogen) atoms. The maximum Gasteiger partial charge on any atom is 0.129 e. The van der Waals surface area contributed by atoms with E-state index >= 15 is 0 Å². The van der Waals surface area contributed by atoms with E-state index in [-0.39, 0.29) is 12.4 Å². The van der Waals surface area contributed by atoms with E-state index in [2.05, 4.69) is 18.3 Å². The molecule has 2 nitrogen and oxygen atoms in total. The average molecular weight is 315 g/mol. The normalized spacial score (nSPS) is 10.7. The molecule has 0 unspecified atom stereocenters. The molecule has 0 aromatic heterocycles. The fourth-order valence-corrected chi connectivity index (χ4v) is 2.43. The first-order valence-electron chi connectivity index (χ1n) is 8.45. The Kier molecular flexibility index (Phi) is 7.61. The second kappa shape index (κ2) is 10.0. The molecule has 0 amide bonds. The molecule has 3 heteroatoms. The molecular weight excluding hydrogens is 289 g/mol. The third-order valence-corrected chi connectivity index (χ3v) is 3.79. The zero-order chi connectivity index (χ0) is 16.3. The van der Waals surface area contributed by atoms with E-state index < -0.39 is 0 Å². The molecule has 0 atom stereocenters. The Labute approximate surface area is 138 Å². The highest BCUT2D eigenvalue weighted by Crippen LogP contribution is 2.16. The zero-order valence-electron chi connectivity index (χ0n) is 13.9. The van der Waals surface area contributed by atoms with E-state index in [0.717, 1.165) is 18.8 Å². The summed E-state index contributed by atoms with van der Waals surface area (Å²) in [6.45, 7) is 4.35. The van der Waals surface area contributed by atoms with Gasteiger partial charge in [-0.3, -0.25) is 0 Å². The summed E-state index contributed by atoms with van der Waals surface area (Å²) in [5, 5.41) is 3.46. The summed E-state index contributed by atoms with van der Waals surface area (Å²) in [7, 11) is 0. The standard InChI is InChI=1S/C20H26FNO/c1-2-3-4-7-13-22-15-17-9-8-11-19(14-17)23-16-18-10-5-6-12-20(18)21/h5-6,8-12,14,22H,2-4,7,13,15-16H2,1H3. The topological polar surface area (TPSA) is 21.3 Å². The monoisotopic (exact) mass is 315 g/mol. The first-order valence-corrected chi connectivity index (χ1v) is 8.45. The summed E-state index contributed by atoms with van der Waals surface area (Å²) in [6, 6.07) is 14.7. The van der Waals surface area contributed by atoms with Gasteiger partial charge in [0.1, 0.15) is 18.2 Å². The zero-order valence-corrected chi connectivity index (χ0v) is 13.9. The van der Waals surface area contributed by atoms with Gasteiger partial charge in [0, 0.05) is 12.1 Å². The summed E-state index contributed by atoms with van der Waals surface area (Å²) in [5.41, 5.74) is 1.76. The van der Waals surface area contributed by atoms with E-state index in [4.69, 9.17) is 4.74 Å². The lowest BCUT2D eigenvalue weighted by Gasteiger charge is -2.09. The first kappa shape index (κ1) is 17.5. The van der Waals surface area contributed by atoms with Crippen molar-refractivity contribution in [2.24, 2.45) is 0 Å². The third kappa shape index (κ3) is 6.41. The molecule has 2 aromatic rings. The van der Waals surface area contributed by atoms with Gasteiger partial charge < -0.3 is 10.1 Å². The molecule has 0 saturated carbocycles. The number of nitrogens with one attached hydrogen (secondary N) is 1. The summed E-state index contributed by atoms with van der Waals surface area (Å²) in [4.78, 5) is 0. The minimum atomic E-state index is -0.225. The van der Waals surface area contributed by atoms with Crippen LogP contribution in [-0.2, 0) is 13.2 Å². The quantitative estimate of drug-likeness (QED) is 0.618. The van der Waals surface area contributed by atoms with Crippen LogP contribution in [0, 0.1) is 5.82 Å². The lowest BCUT2D eigenvalue weighted by atomic mass is 10.2. The molecule has 0 spiro atoms. The maximum absolute atomic E-state index is 13.6. The van der Waals surface area contributed by atoms with Gasteiger partial charge in [0.15, 0.2) is 0 Å². The summed E-state index contributed by atoms with van der Waals surface area (Å²) >= 11 is 0. The van der Waals surface area contributed by atoms with Gasteiger partial charge in [0.2, 0.25) is 0 Å². The van der Waals surface area contributed by atoms with Crippen LogP contribution in [0.4, 0.5) is 4.39 Å². The molecule has 0 aliphatic heterocycles. The van der Waals surface area contributed by atoms with Gasteiger partial charge in [-0.25, -0.2) is 4.39 Å². The second-order valence-electron chi connectivity index (χ2n) is 5.76. The molecule has 1 N–H and O–H groups in total. The Balaban J connectivity index is 1.77. The third-order valence-electron chi connectivity index (χ3n) is 3.79. The average Bonchev–Trinajstić information content (AvgIpc) is 2.58. The van der Waals surface area contributed by atoms with Crippen molar-refractivity contribution in [3.05, 3.63) is 65.5 Å². The van der Waals surface area contributed by atoms with Crippen LogP contribution in [0.3, 0.4) is 0 Å². The van der Waals surface area contributed by atoms with Gasteiger partial charge in [0.25, 0.3) is 0 Å². The number of hydrogen-bond donors (Lipinski definition) is 1. The smallest absolute Gasteiger partial charge is 0.129 e. The fourth-order valence-electron chi connectivity index (χ4n) is 2.43. The van der Waals surface area contributed by atoms with Crippen molar-refractivity contribution in [3.63, 3.8) is 0 Å². The molecule has 0 heterocycles. The molecule has 0 fully saturated rings. The largest absolute Gasteiger partial charge is 0.489 e. The Hall–Kier alpha value is -1.87. The fraction of sp³-hybridized carbons (Fsp3) is 0.400. The van der Waals surface area contributed by atoms with Crippen molar-refractivity contribution in [3.8, 4) is 5.75 Å². The van der Waals surface area contributed by atoms with Crippen LogP contribution in [-0.4, -0.2) is 6.54 Å². The highest BCUT2D eigenvalue weighted by atomic mass is 19.1.